The van der Waals surface area contributed by atoms with Crippen LogP contribution in [0.1, 0.15) is 16.8 Å². The van der Waals surface area contributed by atoms with Crippen LogP contribution in [-0.2, 0) is 6.54 Å². The molecule has 0 saturated carbocycles. The number of aliphatic imine (C=N–C) groups is 1. The normalized spacial score (nSPS) is 10.7. The monoisotopic (exact) mass is 364 g/mol. The molecule has 6 nitrogen and oxygen atoms in total. The van der Waals surface area contributed by atoms with E-state index in [4.69, 9.17) is 9.47 Å². The van der Waals surface area contributed by atoms with E-state index in [2.05, 4.69) is 9.98 Å². The van der Waals surface area contributed by atoms with Crippen molar-refractivity contribution in [2.45, 2.75) is 6.54 Å². The predicted octanol–water partition coefficient (Wildman–Crippen LogP) is 3.71. The largest absolute Gasteiger partial charge is 0.493 e. The molecular weight excluding hydrogens is 347 g/mol. The van der Waals surface area contributed by atoms with E-state index in [9.17, 15) is 9.65 Å². The van der Waals surface area contributed by atoms with Crippen LogP contribution in [0.5, 0.6) is 11.5 Å². The number of aromatic nitrogens is 2. The highest BCUT2D eigenvalue weighted by Gasteiger charge is 2.10. The third kappa shape index (κ3) is 4.12. The summed E-state index contributed by atoms with van der Waals surface area (Å²) in [6.07, 6.45) is 3.17. The maximum absolute atomic E-state index is 13.1. The van der Waals surface area contributed by atoms with E-state index < -0.39 is 0 Å². The Bertz CT molecular complexity index is 1000. The van der Waals surface area contributed by atoms with E-state index in [0.29, 0.717) is 23.9 Å². The van der Waals surface area contributed by atoms with Crippen LogP contribution in [0.4, 0.5) is 10.2 Å². The standard InChI is InChI=1S/C20H17FN4O2/c1-26-18-8-5-15(9-19(18)27-2)11-23-20-17(10-22)24-13-25(20)12-14-3-6-16(21)7-4-14/h3-9,11,13H,12H2,1-2H3. The molecule has 1 aromatic heterocycles. The first kappa shape index (κ1) is 18.1. The molecule has 27 heavy (non-hydrogen) atoms. The van der Waals surface area contributed by atoms with Gasteiger partial charge in [0.1, 0.15) is 11.9 Å². The fourth-order valence-corrected chi connectivity index (χ4v) is 2.56. The Morgan fingerprint density at radius 2 is 1.89 bits per heavy atom. The molecule has 0 saturated heterocycles. The molecule has 3 rings (SSSR count). The number of ether oxygens (including phenoxy) is 2. The minimum absolute atomic E-state index is 0.217. The van der Waals surface area contributed by atoms with Gasteiger partial charge in [0.05, 0.1) is 27.1 Å². The van der Waals surface area contributed by atoms with Gasteiger partial charge < -0.3 is 14.0 Å². The number of imidazole rings is 1. The van der Waals surface area contributed by atoms with Crippen LogP contribution >= 0.6 is 0 Å². The lowest BCUT2D eigenvalue weighted by Crippen LogP contribution is -1.98. The van der Waals surface area contributed by atoms with Crippen LogP contribution in [0, 0.1) is 17.1 Å². The maximum Gasteiger partial charge on any atom is 0.185 e. The zero-order valence-electron chi connectivity index (χ0n) is 14.9. The highest BCUT2D eigenvalue weighted by atomic mass is 19.1. The van der Waals surface area contributed by atoms with Crippen LogP contribution in [0.25, 0.3) is 0 Å². The lowest BCUT2D eigenvalue weighted by atomic mass is 10.2. The summed E-state index contributed by atoms with van der Waals surface area (Å²) in [7, 11) is 3.13. The van der Waals surface area contributed by atoms with Gasteiger partial charge >= 0.3 is 0 Å². The molecule has 0 bridgehead atoms. The SMILES string of the molecule is COc1ccc(C=Nc2c(C#N)ncn2Cc2ccc(F)cc2)cc1OC. The molecule has 1 heterocycles. The van der Waals surface area contributed by atoms with Crippen LogP contribution in [0.3, 0.4) is 0 Å². The lowest BCUT2D eigenvalue weighted by Gasteiger charge is -2.08. The van der Waals surface area contributed by atoms with Crippen molar-refractivity contribution in [2.75, 3.05) is 14.2 Å². The Balaban J connectivity index is 1.90. The Hall–Kier alpha value is -3.66. The number of benzene rings is 2. The Morgan fingerprint density at radius 1 is 1.15 bits per heavy atom. The highest BCUT2D eigenvalue weighted by Crippen LogP contribution is 2.27. The Morgan fingerprint density at radius 3 is 2.56 bits per heavy atom. The predicted molar refractivity (Wildman–Crippen MR) is 99.2 cm³/mol. The van der Waals surface area contributed by atoms with Crippen LogP contribution in [-0.4, -0.2) is 30.0 Å². The van der Waals surface area contributed by atoms with E-state index in [1.54, 1.807) is 55.6 Å². The van der Waals surface area contributed by atoms with E-state index in [-0.39, 0.29) is 11.5 Å². The first-order chi connectivity index (χ1) is 13.1. The van der Waals surface area contributed by atoms with Gasteiger partial charge in [-0.15, -0.1) is 0 Å². The van der Waals surface area contributed by atoms with Crippen molar-refractivity contribution in [3.63, 3.8) is 0 Å². The van der Waals surface area contributed by atoms with Crippen molar-refractivity contribution >= 4 is 12.0 Å². The number of nitrogens with zero attached hydrogens (tertiary/aromatic N) is 4. The molecule has 0 aliphatic carbocycles. The molecule has 2 aromatic carbocycles. The van der Waals surface area contributed by atoms with E-state index in [1.807, 2.05) is 12.1 Å². The van der Waals surface area contributed by atoms with Gasteiger partial charge in [0.25, 0.3) is 0 Å². The van der Waals surface area contributed by atoms with Gasteiger partial charge in [-0.2, -0.15) is 5.26 Å². The number of methoxy groups -OCH3 is 2. The van der Waals surface area contributed by atoms with Crippen molar-refractivity contribution in [3.05, 3.63) is 71.4 Å². The summed E-state index contributed by atoms with van der Waals surface area (Å²) in [6.45, 7) is 0.424. The summed E-state index contributed by atoms with van der Waals surface area (Å²) in [5.41, 5.74) is 1.88. The quantitative estimate of drug-likeness (QED) is 0.625. The minimum Gasteiger partial charge on any atom is -0.493 e. The van der Waals surface area contributed by atoms with Gasteiger partial charge in [0.15, 0.2) is 23.0 Å². The molecule has 136 valence electrons. The summed E-state index contributed by atoms with van der Waals surface area (Å²) in [4.78, 5) is 8.53. The first-order valence-electron chi connectivity index (χ1n) is 8.10. The average molecular weight is 364 g/mol. The van der Waals surface area contributed by atoms with Crippen molar-refractivity contribution < 1.29 is 13.9 Å². The fourth-order valence-electron chi connectivity index (χ4n) is 2.56. The molecule has 0 aliphatic heterocycles. The molecule has 3 aromatic rings. The zero-order valence-corrected chi connectivity index (χ0v) is 14.9. The number of hydrogen-bond donors (Lipinski definition) is 0. The third-order valence-electron chi connectivity index (χ3n) is 3.93. The summed E-state index contributed by atoms with van der Waals surface area (Å²) in [5, 5.41) is 9.30. The topological polar surface area (TPSA) is 72.4 Å². The molecule has 0 amide bonds. The third-order valence-corrected chi connectivity index (χ3v) is 3.93. The minimum atomic E-state index is -0.297. The molecule has 0 fully saturated rings. The molecule has 0 aliphatic rings. The Kier molecular flexibility index (Phi) is 5.47. The molecule has 0 N–H and O–H groups in total. The summed E-state index contributed by atoms with van der Waals surface area (Å²) >= 11 is 0. The van der Waals surface area contributed by atoms with Gasteiger partial charge in [-0.05, 0) is 41.5 Å². The van der Waals surface area contributed by atoms with Crippen molar-refractivity contribution in [2.24, 2.45) is 4.99 Å². The van der Waals surface area contributed by atoms with Crippen molar-refractivity contribution in [3.8, 4) is 17.6 Å². The molecule has 0 unspecified atom stereocenters. The van der Waals surface area contributed by atoms with Gasteiger partial charge in [0.2, 0.25) is 0 Å². The summed E-state index contributed by atoms with van der Waals surface area (Å²) in [5.74, 6) is 1.33. The van der Waals surface area contributed by atoms with E-state index >= 15 is 0 Å². The summed E-state index contributed by atoms with van der Waals surface area (Å²) in [6, 6.07) is 13.6. The average Bonchev–Trinajstić information content (AvgIpc) is 3.09. The number of nitriles is 1. The van der Waals surface area contributed by atoms with Crippen molar-refractivity contribution in [1.82, 2.24) is 9.55 Å². The maximum atomic E-state index is 13.1. The number of rotatable bonds is 6. The van der Waals surface area contributed by atoms with Gasteiger partial charge in [-0.25, -0.2) is 14.4 Å². The van der Waals surface area contributed by atoms with Gasteiger partial charge in [0, 0.05) is 6.21 Å². The van der Waals surface area contributed by atoms with Crippen LogP contribution in [0.2, 0.25) is 0 Å². The highest BCUT2D eigenvalue weighted by molar-refractivity contribution is 5.83. The second-order valence-corrected chi connectivity index (χ2v) is 5.66. The lowest BCUT2D eigenvalue weighted by molar-refractivity contribution is 0.355. The van der Waals surface area contributed by atoms with Gasteiger partial charge in [-0.1, -0.05) is 12.1 Å². The number of hydrogen-bond acceptors (Lipinski definition) is 5. The van der Waals surface area contributed by atoms with Crippen molar-refractivity contribution in [1.29, 1.82) is 5.26 Å². The molecular formula is C20H17FN4O2. The molecule has 0 radical (unpaired) electrons. The number of halogens is 1. The first-order valence-corrected chi connectivity index (χ1v) is 8.10. The smallest absolute Gasteiger partial charge is 0.185 e. The second-order valence-electron chi connectivity index (χ2n) is 5.66. The zero-order chi connectivity index (χ0) is 19.2. The van der Waals surface area contributed by atoms with Gasteiger partial charge in [-0.3, -0.25) is 0 Å². The van der Waals surface area contributed by atoms with E-state index in [0.717, 1.165) is 11.1 Å². The fraction of sp³-hybridized carbons (Fsp3) is 0.150. The summed E-state index contributed by atoms with van der Waals surface area (Å²) < 4.78 is 25.3. The van der Waals surface area contributed by atoms with Crippen LogP contribution < -0.4 is 9.47 Å². The molecule has 0 spiro atoms. The molecule has 0 atom stereocenters. The second kappa shape index (κ2) is 8.15. The van der Waals surface area contributed by atoms with Crippen LogP contribution in [0.15, 0.2) is 53.8 Å². The Labute approximate surface area is 156 Å². The van der Waals surface area contributed by atoms with E-state index in [1.165, 1.54) is 12.1 Å². The molecule has 7 heteroatoms.